The van der Waals surface area contributed by atoms with Gasteiger partial charge in [-0.3, -0.25) is 4.79 Å². The summed E-state index contributed by atoms with van der Waals surface area (Å²) in [4.78, 5) is 25.0. The molecule has 0 aromatic carbocycles. The Bertz CT molecular complexity index is 577. The molecule has 0 spiro atoms. The third-order valence-electron chi connectivity index (χ3n) is 4.49. The van der Waals surface area contributed by atoms with Crippen molar-refractivity contribution in [1.82, 2.24) is 9.97 Å². The molecule has 0 bridgehead atoms. The zero-order chi connectivity index (χ0) is 16.9. The number of esters is 1. The van der Waals surface area contributed by atoms with Crippen LogP contribution in [0.1, 0.15) is 19.8 Å². The third kappa shape index (κ3) is 3.53. The monoisotopic (exact) mass is 335 g/mol. The summed E-state index contributed by atoms with van der Waals surface area (Å²) >= 11 is 0. The highest BCUT2D eigenvalue weighted by Crippen LogP contribution is 2.32. The first-order valence-electron chi connectivity index (χ1n) is 8.55. The largest absolute Gasteiger partial charge is 0.466 e. The number of hydrogen-bond donors (Lipinski definition) is 1. The predicted molar refractivity (Wildman–Crippen MR) is 91.0 cm³/mol. The van der Waals surface area contributed by atoms with E-state index < -0.39 is 0 Å². The number of rotatable bonds is 4. The summed E-state index contributed by atoms with van der Waals surface area (Å²) in [7, 11) is 0. The maximum atomic E-state index is 12.0. The van der Waals surface area contributed by atoms with Crippen molar-refractivity contribution in [3.05, 3.63) is 6.33 Å². The molecule has 1 aromatic heterocycles. The fourth-order valence-electron chi connectivity index (χ4n) is 3.28. The number of nitrogens with two attached hydrogens (primary N) is 1. The van der Waals surface area contributed by atoms with Gasteiger partial charge in [-0.25, -0.2) is 9.97 Å². The fraction of sp³-hybridized carbons (Fsp3) is 0.688. The summed E-state index contributed by atoms with van der Waals surface area (Å²) in [5.74, 6) is 1.20. The molecule has 2 saturated heterocycles. The first-order valence-corrected chi connectivity index (χ1v) is 8.55. The Hall–Kier alpha value is -2.09. The molecule has 0 saturated carbocycles. The Morgan fingerprint density at radius 2 is 2.00 bits per heavy atom. The number of carbonyl (C=O) groups is 1. The zero-order valence-corrected chi connectivity index (χ0v) is 14.1. The van der Waals surface area contributed by atoms with Gasteiger partial charge in [0.2, 0.25) is 0 Å². The van der Waals surface area contributed by atoms with E-state index in [1.165, 1.54) is 0 Å². The first-order chi connectivity index (χ1) is 11.7. The minimum absolute atomic E-state index is 0.125. The molecule has 1 atom stereocenters. The summed E-state index contributed by atoms with van der Waals surface area (Å²) in [6.45, 7) is 6.54. The van der Waals surface area contributed by atoms with Crippen LogP contribution in [0.25, 0.3) is 0 Å². The second-order valence-electron chi connectivity index (χ2n) is 6.07. The molecule has 8 heteroatoms. The third-order valence-corrected chi connectivity index (χ3v) is 4.49. The van der Waals surface area contributed by atoms with Gasteiger partial charge in [-0.1, -0.05) is 0 Å². The molecule has 0 aliphatic carbocycles. The summed E-state index contributed by atoms with van der Waals surface area (Å²) in [6, 6.07) is 0. The van der Waals surface area contributed by atoms with Crippen molar-refractivity contribution < 1.29 is 14.3 Å². The Labute approximate surface area is 141 Å². The lowest BCUT2D eigenvalue weighted by Crippen LogP contribution is -2.41. The van der Waals surface area contributed by atoms with Gasteiger partial charge in [0.25, 0.3) is 0 Å². The van der Waals surface area contributed by atoms with Crippen LogP contribution >= 0.6 is 0 Å². The average Bonchev–Trinajstić information content (AvgIpc) is 2.63. The smallest absolute Gasteiger partial charge is 0.310 e. The molecule has 2 N–H and O–H groups in total. The standard InChI is InChI=1S/C16H25N5O3/c1-2-24-16(22)12-4-3-5-21(10-12)15-13(17)14(18-11-19-15)20-6-8-23-9-7-20/h11-12H,2-10,17H2,1H3. The topological polar surface area (TPSA) is 93.8 Å². The molecule has 3 heterocycles. The van der Waals surface area contributed by atoms with Gasteiger partial charge in [0.05, 0.1) is 25.7 Å². The van der Waals surface area contributed by atoms with Gasteiger partial charge >= 0.3 is 5.97 Å². The molecule has 24 heavy (non-hydrogen) atoms. The van der Waals surface area contributed by atoms with Crippen LogP contribution in [-0.2, 0) is 14.3 Å². The van der Waals surface area contributed by atoms with E-state index in [4.69, 9.17) is 15.2 Å². The van der Waals surface area contributed by atoms with Crippen LogP contribution in [0.5, 0.6) is 0 Å². The maximum Gasteiger partial charge on any atom is 0.310 e. The molecule has 2 aliphatic heterocycles. The van der Waals surface area contributed by atoms with E-state index in [1.54, 1.807) is 6.33 Å². The van der Waals surface area contributed by atoms with Crippen LogP contribution in [0.2, 0.25) is 0 Å². The number of piperidine rings is 1. The molecule has 1 aromatic rings. The second kappa shape index (κ2) is 7.65. The predicted octanol–water partition coefficient (Wildman–Crippen LogP) is 0.675. The Morgan fingerprint density at radius 1 is 1.29 bits per heavy atom. The molecular formula is C16H25N5O3. The number of ether oxygens (including phenoxy) is 2. The Morgan fingerprint density at radius 3 is 2.71 bits per heavy atom. The molecule has 132 valence electrons. The molecule has 8 nitrogen and oxygen atoms in total. The number of carbonyl (C=O) groups excluding carboxylic acids is 1. The number of anilines is 3. The van der Waals surface area contributed by atoms with Crippen molar-refractivity contribution in [2.45, 2.75) is 19.8 Å². The zero-order valence-electron chi connectivity index (χ0n) is 14.1. The molecule has 0 radical (unpaired) electrons. The summed E-state index contributed by atoms with van der Waals surface area (Å²) < 4.78 is 10.5. The number of morpholine rings is 1. The lowest BCUT2D eigenvalue weighted by Gasteiger charge is -2.34. The van der Waals surface area contributed by atoms with E-state index in [-0.39, 0.29) is 11.9 Å². The van der Waals surface area contributed by atoms with Gasteiger partial charge in [-0.15, -0.1) is 0 Å². The molecule has 2 aliphatic rings. The number of hydrogen-bond acceptors (Lipinski definition) is 8. The van der Waals surface area contributed by atoms with Gasteiger partial charge in [-0.2, -0.15) is 0 Å². The number of aromatic nitrogens is 2. The van der Waals surface area contributed by atoms with Crippen LogP contribution in [0.3, 0.4) is 0 Å². The lowest BCUT2D eigenvalue weighted by molar-refractivity contribution is -0.148. The van der Waals surface area contributed by atoms with Crippen molar-refractivity contribution >= 4 is 23.3 Å². The van der Waals surface area contributed by atoms with Crippen LogP contribution in [0, 0.1) is 5.92 Å². The minimum Gasteiger partial charge on any atom is -0.466 e. The Balaban J connectivity index is 1.77. The normalized spacial score (nSPS) is 21.6. The summed E-state index contributed by atoms with van der Waals surface area (Å²) in [5.41, 5.74) is 6.93. The Kier molecular flexibility index (Phi) is 5.34. The van der Waals surface area contributed by atoms with Crippen molar-refractivity contribution in [3.8, 4) is 0 Å². The first kappa shape index (κ1) is 16.8. The minimum atomic E-state index is -0.136. The maximum absolute atomic E-state index is 12.0. The van der Waals surface area contributed by atoms with Crippen LogP contribution in [0.15, 0.2) is 6.33 Å². The number of nitrogens with zero attached hydrogens (tertiary/aromatic N) is 4. The van der Waals surface area contributed by atoms with Crippen LogP contribution in [-0.4, -0.2) is 61.9 Å². The van der Waals surface area contributed by atoms with Crippen LogP contribution < -0.4 is 15.5 Å². The summed E-state index contributed by atoms with van der Waals surface area (Å²) in [6.07, 6.45) is 3.31. The molecule has 3 rings (SSSR count). The van der Waals surface area contributed by atoms with E-state index in [0.29, 0.717) is 37.9 Å². The van der Waals surface area contributed by atoms with Crippen molar-refractivity contribution in [2.24, 2.45) is 5.92 Å². The molecular weight excluding hydrogens is 310 g/mol. The van der Waals surface area contributed by atoms with E-state index >= 15 is 0 Å². The van der Waals surface area contributed by atoms with Crippen molar-refractivity contribution in [3.63, 3.8) is 0 Å². The van der Waals surface area contributed by atoms with Crippen LogP contribution in [0.4, 0.5) is 17.3 Å². The van der Waals surface area contributed by atoms with Gasteiger partial charge in [0.15, 0.2) is 11.6 Å². The highest BCUT2D eigenvalue weighted by atomic mass is 16.5. The van der Waals surface area contributed by atoms with Crippen molar-refractivity contribution in [1.29, 1.82) is 0 Å². The SMILES string of the molecule is CCOC(=O)C1CCCN(c2ncnc(N3CCOCC3)c2N)C1. The molecule has 1 unspecified atom stereocenters. The lowest BCUT2D eigenvalue weighted by atomic mass is 9.98. The van der Waals surface area contributed by atoms with E-state index in [1.807, 2.05) is 6.92 Å². The van der Waals surface area contributed by atoms with E-state index in [9.17, 15) is 4.79 Å². The highest BCUT2D eigenvalue weighted by Gasteiger charge is 2.29. The molecule has 2 fully saturated rings. The second-order valence-corrected chi connectivity index (χ2v) is 6.07. The fourth-order valence-corrected chi connectivity index (χ4v) is 3.28. The van der Waals surface area contributed by atoms with Gasteiger partial charge in [0, 0.05) is 26.2 Å². The highest BCUT2D eigenvalue weighted by molar-refractivity contribution is 5.78. The van der Waals surface area contributed by atoms with Gasteiger partial charge < -0.3 is 25.0 Å². The van der Waals surface area contributed by atoms with Gasteiger partial charge in [-0.05, 0) is 19.8 Å². The van der Waals surface area contributed by atoms with Crippen molar-refractivity contribution in [2.75, 3.05) is 61.5 Å². The summed E-state index contributed by atoms with van der Waals surface area (Å²) in [5, 5.41) is 0. The van der Waals surface area contributed by atoms with Gasteiger partial charge in [0.1, 0.15) is 12.0 Å². The quantitative estimate of drug-likeness (QED) is 0.803. The molecule has 0 amide bonds. The average molecular weight is 335 g/mol. The number of nitrogen functional groups attached to an aromatic ring is 1. The van der Waals surface area contributed by atoms with E-state index in [2.05, 4.69) is 19.8 Å². The van der Waals surface area contributed by atoms with E-state index in [0.717, 1.165) is 38.3 Å².